The molecule has 7 heteroatoms. The van der Waals surface area contributed by atoms with Crippen molar-refractivity contribution in [3.8, 4) is 6.07 Å². The van der Waals surface area contributed by atoms with Crippen molar-refractivity contribution in [2.75, 3.05) is 6.54 Å². The van der Waals surface area contributed by atoms with Crippen LogP contribution in [0.1, 0.15) is 30.7 Å². The number of hydrogen-bond donors (Lipinski definition) is 1. The predicted molar refractivity (Wildman–Crippen MR) is 67.3 cm³/mol. The Hall–Kier alpha value is -1.39. The zero-order valence-corrected chi connectivity index (χ0v) is 11.7. The van der Waals surface area contributed by atoms with Gasteiger partial charge in [0.15, 0.2) is 0 Å². The average molecular weight is 270 g/mol. The van der Waals surface area contributed by atoms with E-state index in [2.05, 4.69) is 9.82 Å². The van der Waals surface area contributed by atoms with Gasteiger partial charge in [0, 0.05) is 20.0 Å². The standard InChI is InChI=1S/C11H18N4O2S/c1-9-11(10(2)15(3)14-9)18(16,17)13-8-6-4-5-7-12/h13H,4-6,8H2,1-3H3. The lowest BCUT2D eigenvalue weighted by atomic mass is 10.2. The summed E-state index contributed by atoms with van der Waals surface area (Å²) in [6.07, 6.45) is 1.81. The van der Waals surface area contributed by atoms with Crippen LogP contribution in [-0.4, -0.2) is 24.7 Å². The van der Waals surface area contributed by atoms with E-state index in [4.69, 9.17) is 5.26 Å². The second kappa shape index (κ2) is 5.98. The largest absolute Gasteiger partial charge is 0.271 e. The molecule has 0 aliphatic rings. The lowest BCUT2D eigenvalue weighted by Crippen LogP contribution is -2.25. The van der Waals surface area contributed by atoms with Crippen molar-refractivity contribution >= 4 is 10.0 Å². The number of nitriles is 1. The molecule has 0 unspecified atom stereocenters. The van der Waals surface area contributed by atoms with Gasteiger partial charge in [-0.25, -0.2) is 13.1 Å². The van der Waals surface area contributed by atoms with Crippen LogP contribution in [0.3, 0.4) is 0 Å². The van der Waals surface area contributed by atoms with Crippen molar-refractivity contribution < 1.29 is 8.42 Å². The second-order valence-corrected chi connectivity index (χ2v) is 5.84. The van der Waals surface area contributed by atoms with E-state index in [9.17, 15) is 8.42 Å². The third-order valence-electron chi connectivity index (χ3n) is 2.72. The molecular formula is C11H18N4O2S. The third-order valence-corrected chi connectivity index (χ3v) is 4.43. The van der Waals surface area contributed by atoms with Crippen LogP contribution in [0.4, 0.5) is 0 Å². The minimum Gasteiger partial charge on any atom is -0.271 e. The van der Waals surface area contributed by atoms with E-state index in [1.807, 2.05) is 6.07 Å². The van der Waals surface area contributed by atoms with Crippen molar-refractivity contribution in [3.05, 3.63) is 11.4 Å². The Kier molecular flexibility index (Phi) is 4.87. The summed E-state index contributed by atoms with van der Waals surface area (Å²) in [4.78, 5) is 0.255. The van der Waals surface area contributed by atoms with Gasteiger partial charge in [0.1, 0.15) is 4.90 Å². The summed E-state index contributed by atoms with van der Waals surface area (Å²) >= 11 is 0. The predicted octanol–water partition coefficient (Wildman–Crippen LogP) is 1.01. The molecule has 0 saturated heterocycles. The van der Waals surface area contributed by atoms with Crippen LogP contribution in [0.25, 0.3) is 0 Å². The van der Waals surface area contributed by atoms with Crippen LogP contribution in [0, 0.1) is 25.2 Å². The number of aromatic nitrogens is 2. The highest BCUT2D eigenvalue weighted by Gasteiger charge is 2.22. The van der Waals surface area contributed by atoms with Crippen LogP contribution < -0.4 is 4.72 Å². The molecule has 0 aliphatic carbocycles. The van der Waals surface area contributed by atoms with Crippen LogP contribution in [-0.2, 0) is 17.1 Å². The summed E-state index contributed by atoms with van der Waals surface area (Å²) in [5.41, 5.74) is 1.12. The Morgan fingerprint density at radius 1 is 1.39 bits per heavy atom. The molecule has 1 heterocycles. The molecule has 0 atom stereocenters. The molecule has 1 N–H and O–H groups in total. The van der Waals surface area contributed by atoms with E-state index >= 15 is 0 Å². The monoisotopic (exact) mass is 270 g/mol. The smallest absolute Gasteiger partial charge is 0.244 e. The van der Waals surface area contributed by atoms with Crippen molar-refractivity contribution in [3.63, 3.8) is 0 Å². The number of aryl methyl sites for hydroxylation is 2. The van der Waals surface area contributed by atoms with Crippen molar-refractivity contribution in [1.29, 1.82) is 5.26 Å². The van der Waals surface area contributed by atoms with Gasteiger partial charge in [-0.1, -0.05) is 0 Å². The molecule has 0 amide bonds. The second-order valence-electron chi connectivity index (χ2n) is 4.14. The average Bonchev–Trinajstić information content (AvgIpc) is 2.53. The topological polar surface area (TPSA) is 87.8 Å². The zero-order chi connectivity index (χ0) is 13.8. The molecule has 0 saturated carbocycles. The molecule has 0 fully saturated rings. The molecule has 0 aromatic carbocycles. The minimum absolute atomic E-state index is 0.255. The first-order chi connectivity index (χ1) is 8.40. The summed E-state index contributed by atoms with van der Waals surface area (Å²) in [6.45, 7) is 3.75. The maximum absolute atomic E-state index is 12.1. The highest BCUT2D eigenvalue weighted by Crippen LogP contribution is 2.18. The van der Waals surface area contributed by atoms with Crippen molar-refractivity contribution in [1.82, 2.24) is 14.5 Å². The van der Waals surface area contributed by atoms with E-state index in [0.717, 1.165) is 0 Å². The van der Waals surface area contributed by atoms with Gasteiger partial charge in [-0.15, -0.1) is 0 Å². The Morgan fingerprint density at radius 2 is 2.06 bits per heavy atom. The molecule has 1 aromatic rings. The van der Waals surface area contributed by atoms with Gasteiger partial charge in [-0.05, 0) is 26.7 Å². The Balaban J connectivity index is 2.72. The van der Waals surface area contributed by atoms with E-state index < -0.39 is 10.0 Å². The fourth-order valence-corrected chi connectivity index (χ4v) is 3.26. The Morgan fingerprint density at radius 3 is 2.56 bits per heavy atom. The first kappa shape index (κ1) is 14.7. The fraction of sp³-hybridized carbons (Fsp3) is 0.636. The van der Waals surface area contributed by atoms with E-state index in [0.29, 0.717) is 37.2 Å². The summed E-state index contributed by atoms with van der Waals surface area (Å²) in [5, 5.41) is 12.5. The zero-order valence-electron chi connectivity index (χ0n) is 10.9. The molecule has 0 aliphatic heterocycles. The van der Waals surface area contributed by atoms with Gasteiger partial charge in [-0.2, -0.15) is 10.4 Å². The lowest BCUT2D eigenvalue weighted by molar-refractivity contribution is 0.575. The van der Waals surface area contributed by atoms with Gasteiger partial charge < -0.3 is 0 Å². The first-order valence-corrected chi connectivity index (χ1v) is 7.25. The molecule has 6 nitrogen and oxygen atoms in total. The molecule has 1 rings (SSSR count). The van der Waals surface area contributed by atoms with Gasteiger partial charge in [0.25, 0.3) is 0 Å². The van der Waals surface area contributed by atoms with Crippen LogP contribution in [0.2, 0.25) is 0 Å². The third kappa shape index (κ3) is 3.31. The lowest BCUT2D eigenvalue weighted by Gasteiger charge is -2.06. The number of sulfonamides is 1. The SMILES string of the molecule is Cc1nn(C)c(C)c1S(=O)(=O)NCCCCC#N. The van der Waals surface area contributed by atoms with Crippen molar-refractivity contribution in [2.24, 2.45) is 7.05 Å². The first-order valence-electron chi connectivity index (χ1n) is 5.77. The highest BCUT2D eigenvalue weighted by molar-refractivity contribution is 7.89. The van der Waals surface area contributed by atoms with Gasteiger partial charge >= 0.3 is 0 Å². The number of hydrogen-bond acceptors (Lipinski definition) is 4. The van der Waals surface area contributed by atoms with E-state index in [1.54, 1.807) is 25.6 Å². The maximum atomic E-state index is 12.1. The quantitative estimate of drug-likeness (QED) is 0.781. The van der Waals surface area contributed by atoms with Gasteiger partial charge in [0.2, 0.25) is 10.0 Å². The maximum Gasteiger partial charge on any atom is 0.244 e. The molecule has 18 heavy (non-hydrogen) atoms. The van der Waals surface area contributed by atoms with Crippen LogP contribution in [0.5, 0.6) is 0 Å². The van der Waals surface area contributed by atoms with Gasteiger partial charge in [0.05, 0.1) is 17.5 Å². The number of unbranched alkanes of at least 4 members (excludes halogenated alkanes) is 2. The molecule has 100 valence electrons. The summed E-state index contributed by atoms with van der Waals surface area (Å²) in [6, 6.07) is 2.03. The molecule has 0 bridgehead atoms. The minimum atomic E-state index is -3.50. The Labute approximate surface area is 108 Å². The van der Waals surface area contributed by atoms with Crippen LogP contribution >= 0.6 is 0 Å². The number of nitrogens with zero attached hydrogens (tertiary/aromatic N) is 3. The normalized spacial score (nSPS) is 11.4. The summed E-state index contributed by atoms with van der Waals surface area (Å²) in [7, 11) is -1.79. The van der Waals surface area contributed by atoms with E-state index in [1.165, 1.54) is 0 Å². The molecule has 1 aromatic heterocycles. The molecular weight excluding hydrogens is 252 g/mol. The van der Waals surface area contributed by atoms with E-state index in [-0.39, 0.29) is 4.90 Å². The molecule has 0 radical (unpaired) electrons. The fourth-order valence-electron chi connectivity index (χ4n) is 1.75. The number of nitrogens with one attached hydrogen (secondary N) is 1. The highest BCUT2D eigenvalue weighted by atomic mass is 32.2. The van der Waals surface area contributed by atoms with Crippen molar-refractivity contribution in [2.45, 2.75) is 38.0 Å². The Bertz CT molecular complexity index is 554. The molecule has 0 spiro atoms. The van der Waals surface area contributed by atoms with Crippen LogP contribution in [0.15, 0.2) is 4.90 Å². The summed E-state index contributed by atoms with van der Waals surface area (Å²) < 4.78 is 28.3. The van der Waals surface area contributed by atoms with Gasteiger partial charge in [-0.3, -0.25) is 4.68 Å². The summed E-state index contributed by atoms with van der Waals surface area (Å²) in [5.74, 6) is 0. The number of rotatable bonds is 6.